The minimum Gasteiger partial charge on any atom is -0.383 e. The molecule has 5 heterocycles. The highest BCUT2D eigenvalue weighted by atomic mass is 19.4. The van der Waals surface area contributed by atoms with E-state index < -0.39 is 17.6 Å². The molecule has 1 aliphatic heterocycles. The highest BCUT2D eigenvalue weighted by Crippen LogP contribution is 2.35. The largest absolute Gasteiger partial charge is 0.419 e. The fraction of sp³-hybridized carbons (Fsp3) is 0.231. The lowest BCUT2D eigenvalue weighted by Gasteiger charge is -2.32. The number of alkyl halides is 3. The van der Waals surface area contributed by atoms with E-state index in [9.17, 15) is 18.0 Å². The number of fused-ring (bicyclic) bond motifs is 3. The number of hydrogen-bond donors (Lipinski definition) is 1. The molecule has 0 saturated carbocycles. The molecule has 2 N–H and O–H groups in total. The van der Waals surface area contributed by atoms with Crippen molar-refractivity contribution in [3.05, 3.63) is 72.1 Å². The average molecular weight is 519 g/mol. The van der Waals surface area contributed by atoms with E-state index in [2.05, 4.69) is 25.3 Å². The minimum absolute atomic E-state index is 0.0104. The molecule has 0 spiro atoms. The number of amides is 1. The summed E-state index contributed by atoms with van der Waals surface area (Å²) >= 11 is 0. The van der Waals surface area contributed by atoms with Gasteiger partial charge in [0.05, 0.1) is 29.0 Å². The van der Waals surface area contributed by atoms with Crippen LogP contribution in [0.1, 0.15) is 34.8 Å². The van der Waals surface area contributed by atoms with Crippen molar-refractivity contribution in [3.63, 3.8) is 0 Å². The zero-order valence-electron chi connectivity index (χ0n) is 19.9. The molecule has 1 aliphatic rings. The predicted octanol–water partition coefficient (Wildman–Crippen LogP) is 4.51. The topological polar surface area (TPSA) is 116 Å². The van der Waals surface area contributed by atoms with Gasteiger partial charge >= 0.3 is 6.18 Å². The maximum atomic E-state index is 13.4. The van der Waals surface area contributed by atoms with E-state index in [1.165, 1.54) is 6.20 Å². The Morgan fingerprint density at radius 1 is 0.974 bits per heavy atom. The van der Waals surface area contributed by atoms with Crippen molar-refractivity contribution < 1.29 is 18.0 Å². The van der Waals surface area contributed by atoms with Crippen molar-refractivity contribution in [1.82, 2.24) is 34.8 Å². The highest BCUT2D eigenvalue weighted by molar-refractivity contribution is 6.00. The van der Waals surface area contributed by atoms with E-state index in [1.54, 1.807) is 35.1 Å². The number of rotatable bonds is 3. The summed E-state index contributed by atoms with van der Waals surface area (Å²) in [6.07, 6.45) is -0.447. The van der Waals surface area contributed by atoms with Crippen molar-refractivity contribution >= 4 is 33.8 Å². The molecular formula is C26H21F3N8O. The number of aromatic nitrogens is 6. The van der Waals surface area contributed by atoms with E-state index >= 15 is 0 Å². The molecule has 9 nitrogen and oxygen atoms in total. The lowest BCUT2D eigenvalue weighted by Crippen LogP contribution is -2.39. The highest BCUT2D eigenvalue weighted by Gasteiger charge is 2.34. The average Bonchev–Trinajstić information content (AvgIpc) is 3.37. The molecule has 6 rings (SSSR count). The molecule has 0 radical (unpaired) electrons. The summed E-state index contributed by atoms with van der Waals surface area (Å²) in [5.41, 5.74) is 7.76. The third kappa shape index (κ3) is 4.17. The van der Waals surface area contributed by atoms with E-state index in [1.807, 2.05) is 23.1 Å². The molecule has 5 aromatic rings. The Labute approximate surface area is 214 Å². The second-order valence-electron chi connectivity index (χ2n) is 9.13. The van der Waals surface area contributed by atoms with Gasteiger partial charge in [0.2, 0.25) is 0 Å². The van der Waals surface area contributed by atoms with Crippen LogP contribution in [0.4, 0.5) is 19.0 Å². The second kappa shape index (κ2) is 9.05. The Morgan fingerprint density at radius 2 is 1.74 bits per heavy atom. The Bertz CT molecular complexity index is 1660. The number of halogens is 3. The second-order valence-corrected chi connectivity index (χ2v) is 9.13. The summed E-state index contributed by atoms with van der Waals surface area (Å²) in [5.74, 6) is -0.603. The smallest absolute Gasteiger partial charge is 0.383 e. The number of carbonyl (C=O) groups is 1. The molecule has 0 aliphatic carbocycles. The number of nitrogens with zero attached hydrogens (tertiary/aromatic N) is 7. The molecule has 1 fully saturated rings. The minimum atomic E-state index is -4.64. The first-order valence-electron chi connectivity index (χ1n) is 12.0. The van der Waals surface area contributed by atoms with Crippen LogP contribution >= 0.6 is 0 Å². The van der Waals surface area contributed by atoms with Gasteiger partial charge in [-0.25, -0.2) is 14.6 Å². The summed E-state index contributed by atoms with van der Waals surface area (Å²) in [6, 6.07) is 13.3. The Hall–Kier alpha value is -4.61. The maximum Gasteiger partial charge on any atom is 0.419 e. The van der Waals surface area contributed by atoms with Gasteiger partial charge in [-0.3, -0.25) is 9.78 Å². The van der Waals surface area contributed by atoms with Crippen molar-refractivity contribution in [2.45, 2.75) is 25.1 Å². The third-order valence-corrected chi connectivity index (χ3v) is 6.78. The number of piperidine rings is 1. The van der Waals surface area contributed by atoms with Crippen molar-refractivity contribution in [2.24, 2.45) is 0 Å². The summed E-state index contributed by atoms with van der Waals surface area (Å²) in [4.78, 5) is 27.5. The van der Waals surface area contributed by atoms with Crippen LogP contribution in [0.15, 0.2) is 60.9 Å². The number of benzene rings is 1. The van der Waals surface area contributed by atoms with E-state index in [-0.39, 0.29) is 17.5 Å². The van der Waals surface area contributed by atoms with Crippen LogP contribution in [0.25, 0.3) is 33.3 Å². The Morgan fingerprint density at radius 3 is 2.47 bits per heavy atom. The molecule has 0 unspecified atom stereocenters. The standard InChI is InChI=1S/C26H21F3N8O/c27-26(28,29)18-12-16(13-32-24(18)30)19-6-7-20-22(33-19)23-21(14-31-20)34-35-37(23)17-8-10-36(11-9-17)25(38)15-4-2-1-3-5-15/h1-7,12-14,17H,8-11H2,(H2,30,32). The van der Waals surface area contributed by atoms with Gasteiger partial charge < -0.3 is 10.6 Å². The molecule has 4 aromatic heterocycles. The quantitative estimate of drug-likeness (QED) is 0.374. The van der Waals surface area contributed by atoms with Crippen LogP contribution in [0.2, 0.25) is 0 Å². The summed E-state index contributed by atoms with van der Waals surface area (Å²) in [5, 5.41) is 8.62. The molecule has 1 amide bonds. The maximum absolute atomic E-state index is 13.4. The third-order valence-electron chi connectivity index (χ3n) is 6.78. The first-order chi connectivity index (χ1) is 18.3. The molecule has 1 aromatic carbocycles. The fourth-order valence-electron chi connectivity index (χ4n) is 4.82. The molecule has 0 bridgehead atoms. The number of hydrogen-bond acceptors (Lipinski definition) is 7. The molecular weight excluding hydrogens is 497 g/mol. The van der Waals surface area contributed by atoms with Crippen molar-refractivity contribution in [2.75, 3.05) is 18.8 Å². The molecule has 38 heavy (non-hydrogen) atoms. The predicted molar refractivity (Wildman–Crippen MR) is 134 cm³/mol. The van der Waals surface area contributed by atoms with Gasteiger partial charge in [0, 0.05) is 30.4 Å². The number of anilines is 1. The summed E-state index contributed by atoms with van der Waals surface area (Å²) in [6.45, 7) is 1.11. The first kappa shape index (κ1) is 23.8. The van der Waals surface area contributed by atoms with Crippen LogP contribution in [0.3, 0.4) is 0 Å². The van der Waals surface area contributed by atoms with Crippen LogP contribution < -0.4 is 5.73 Å². The van der Waals surface area contributed by atoms with Gasteiger partial charge in [0.25, 0.3) is 5.91 Å². The van der Waals surface area contributed by atoms with Gasteiger partial charge in [0.15, 0.2) is 0 Å². The number of nitrogen functional groups attached to an aromatic ring is 1. The van der Waals surface area contributed by atoms with Crippen molar-refractivity contribution in [3.8, 4) is 11.3 Å². The van der Waals surface area contributed by atoms with Crippen molar-refractivity contribution in [1.29, 1.82) is 0 Å². The first-order valence-corrected chi connectivity index (χ1v) is 12.0. The van der Waals surface area contributed by atoms with Crippen LogP contribution in [0, 0.1) is 0 Å². The van der Waals surface area contributed by atoms with Gasteiger partial charge in [-0.15, -0.1) is 5.10 Å². The van der Waals surface area contributed by atoms with Crippen LogP contribution in [-0.2, 0) is 6.18 Å². The SMILES string of the molecule is Nc1ncc(-c2ccc3ncc4nnn(C5CCN(C(=O)c6ccccc6)CC5)c4c3n2)cc1C(F)(F)F. The summed E-state index contributed by atoms with van der Waals surface area (Å²) < 4.78 is 42.0. The van der Waals surface area contributed by atoms with Crippen LogP contribution in [0.5, 0.6) is 0 Å². The Kier molecular flexibility index (Phi) is 5.66. The summed E-state index contributed by atoms with van der Waals surface area (Å²) in [7, 11) is 0. The van der Waals surface area contributed by atoms with E-state index in [4.69, 9.17) is 5.73 Å². The molecule has 12 heteroatoms. The van der Waals surface area contributed by atoms with Gasteiger partial charge in [-0.1, -0.05) is 23.4 Å². The fourth-order valence-corrected chi connectivity index (χ4v) is 4.82. The molecule has 0 atom stereocenters. The Balaban J connectivity index is 1.34. The number of nitrogens with two attached hydrogens (primary N) is 1. The monoisotopic (exact) mass is 518 g/mol. The van der Waals surface area contributed by atoms with Crippen LogP contribution in [-0.4, -0.2) is 53.8 Å². The van der Waals surface area contributed by atoms with Gasteiger partial charge in [-0.2, -0.15) is 13.2 Å². The molecule has 192 valence electrons. The number of carbonyl (C=O) groups excluding carboxylic acids is 1. The number of pyridine rings is 3. The van der Waals surface area contributed by atoms with Gasteiger partial charge in [-0.05, 0) is 43.2 Å². The zero-order valence-corrected chi connectivity index (χ0v) is 19.9. The lowest BCUT2D eigenvalue weighted by atomic mass is 10.0. The number of likely N-dealkylation sites (tertiary alicyclic amines) is 1. The van der Waals surface area contributed by atoms with Gasteiger partial charge in [0.1, 0.15) is 22.4 Å². The molecule has 1 saturated heterocycles. The zero-order chi connectivity index (χ0) is 26.4. The van der Waals surface area contributed by atoms with E-state index in [0.717, 1.165) is 6.07 Å². The van der Waals surface area contributed by atoms with E-state index in [0.29, 0.717) is 59.3 Å². The lowest BCUT2D eigenvalue weighted by molar-refractivity contribution is -0.137. The normalized spacial score (nSPS) is 14.9.